The van der Waals surface area contributed by atoms with E-state index >= 15 is 0 Å². The molecule has 1 aliphatic carbocycles. The van der Waals surface area contributed by atoms with Crippen molar-refractivity contribution in [2.75, 3.05) is 23.8 Å². The smallest absolute Gasteiger partial charge is 0.328 e. The Hall–Kier alpha value is -4.58. The molecule has 5 heterocycles. The lowest BCUT2D eigenvalue weighted by molar-refractivity contribution is -0.142. The lowest BCUT2D eigenvalue weighted by Gasteiger charge is -2.30. The number of hydrogen-bond donors (Lipinski definition) is 2. The molecule has 0 radical (unpaired) electrons. The van der Waals surface area contributed by atoms with Gasteiger partial charge in [0.1, 0.15) is 16.8 Å². The minimum absolute atomic E-state index is 0.0577. The predicted molar refractivity (Wildman–Crippen MR) is 185 cm³/mol. The fourth-order valence-corrected chi connectivity index (χ4v) is 7.72. The van der Waals surface area contributed by atoms with Crippen LogP contribution in [0, 0.1) is 17.2 Å². The van der Waals surface area contributed by atoms with Gasteiger partial charge in [-0.2, -0.15) is 10.2 Å². The van der Waals surface area contributed by atoms with Crippen LogP contribution in [-0.4, -0.2) is 65.4 Å². The molecule has 3 N–H and O–H groups in total. The molecule has 262 valence electrons. The van der Waals surface area contributed by atoms with Crippen LogP contribution in [-0.2, 0) is 16.6 Å². The second-order valence-corrected chi connectivity index (χ2v) is 14.4. The largest absolute Gasteiger partial charge is 0.480 e. The molecule has 15 heteroatoms. The molecule has 4 aromatic rings. The zero-order chi connectivity index (χ0) is 35.1. The SMILES string of the molecule is CCCCOc1cn(C(C(=O)O)C(C)C)nn1.C[C@H]1CCCCCN1c1nccc(-c2noc([C@@]3(C)CCCc4sc(N)c(C#N)c43)n2)n1. The van der Waals surface area contributed by atoms with Crippen molar-refractivity contribution in [1.29, 1.82) is 5.26 Å². The van der Waals surface area contributed by atoms with Crippen molar-refractivity contribution in [3.8, 4) is 23.5 Å². The number of carboxylic acids is 1. The van der Waals surface area contributed by atoms with Crippen LogP contribution in [0.4, 0.5) is 10.9 Å². The molecule has 1 aliphatic heterocycles. The van der Waals surface area contributed by atoms with Gasteiger partial charge in [-0.05, 0) is 64.4 Å². The van der Waals surface area contributed by atoms with E-state index in [2.05, 4.69) is 52.2 Å². The average molecular weight is 691 g/mol. The summed E-state index contributed by atoms with van der Waals surface area (Å²) in [7, 11) is 0. The number of unbranched alkanes of at least 4 members (excludes halogenated alkanes) is 1. The minimum Gasteiger partial charge on any atom is -0.480 e. The van der Waals surface area contributed by atoms with Gasteiger partial charge < -0.3 is 25.0 Å². The molecule has 1 fully saturated rings. The summed E-state index contributed by atoms with van der Waals surface area (Å²) in [5.74, 6) is 1.08. The molecular weight excluding hydrogens is 645 g/mol. The van der Waals surface area contributed by atoms with Crippen LogP contribution < -0.4 is 15.4 Å². The number of anilines is 2. The number of aromatic nitrogens is 7. The zero-order valence-corrected chi connectivity index (χ0v) is 29.7. The standard InChI is InChI=1S/C23H27N7OS.C11H19N3O3/c1-14-7-4-3-5-12-30(14)22-26-11-9-16(27-22)20-28-21(31-29-20)23(2)10-6-8-17-18(23)15(13-24)19(25)32-17;1-4-5-6-17-9-7-14(13-12-9)10(8(2)3)11(15)16/h9,11,14H,3-8,10,12,25H2,1-2H3;7-8,10H,4-6H2,1-3H3,(H,15,16)/t14-,23-;/m0./s1. The van der Waals surface area contributed by atoms with Crippen LogP contribution in [0.5, 0.6) is 5.88 Å². The van der Waals surface area contributed by atoms with E-state index in [0.29, 0.717) is 52.5 Å². The third kappa shape index (κ3) is 7.85. The van der Waals surface area contributed by atoms with Crippen molar-refractivity contribution in [2.45, 2.75) is 110 Å². The molecule has 0 saturated carbocycles. The highest BCUT2D eigenvalue weighted by Crippen LogP contribution is 2.48. The van der Waals surface area contributed by atoms with Gasteiger partial charge in [-0.3, -0.25) is 0 Å². The third-order valence-corrected chi connectivity index (χ3v) is 10.3. The number of nitrogens with two attached hydrogens (primary N) is 1. The fraction of sp³-hybridized carbons (Fsp3) is 0.588. The number of thiophene rings is 1. The minimum atomic E-state index is -0.912. The van der Waals surface area contributed by atoms with Crippen LogP contribution >= 0.6 is 11.3 Å². The number of aliphatic carboxylic acids is 1. The summed E-state index contributed by atoms with van der Waals surface area (Å²) in [6.45, 7) is 11.6. The number of nitrogens with zero attached hydrogens (tertiary/aromatic N) is 9. The van der Waals surface area contributed by atoms with E-state index in [1.54, 1.807) is 6.20 Å². The Kier molecular flexibility index (Phi) is 11.5. The summed E-state index contributed by atoms with van der Waals surface area (Å²) in [5.41, 5.74) is 7.75. The van der Waals surface area contributed by atoms with Gasteiger partial charge in [0, 0.05) is 29.2 Å². The molecule has 49 heavy (non-hydrogen) atoms. The van der Waals surface area contributed by atoms with Crippen LogP contribution in [0.15, 0.2) is 23.0 Å². The normalized spacial score (nSPS) is 19.7. The maximum absolute atomic E-state index is 11.1. The molecule has 1 unspecified atom stereocenters. The Morgan fingerprint density at radius 3 is 2.84 bits per heavy atom. The molecule has 0 bridgehead atoms. The van der Waals surface area contributed by atoms with Crippen LogP contribution in [0.1, 0.15) is 114 Å². The number of ether oxygens (including phenoxy) is 1. The fourth-order valence-electron chi connectivity index (χ4n) is 6.53. The summed E-state index contributed by atoms with van der Waals surface area (Å²) in [6, 6.07) is 3.81. The van der Waals surface area contributed by atoms with Crippen LogP contribution in [0.3, 0.4) is 0 Å². The second kappa shape index (κ2) is 15.8. The van der Waals surface area contributed by atoms with E-state index < -0.39 is 17.4 Å². The first-order chi connectivity index (χ1) is 23.6. The van der Waals surface area contributed by atoms with Crippen molar-refractivity contribution >= 4 is 28.3 Å². The first kappa shape index (κ1) is 35.7. The molecule has 2 aliphatic rings. The first-order valence-electron chi connectivity index (χ1n) is 17.1. The molecular formula is C34H46N10O4S. The van der Waals surface area contributed by atoms with E-state index in [4.69, 9.17) is 30.1 Å². The molecule has 0 spiro atoms. The number of carbonyl (C=O) groups is 1. The summed E-state index contributed by atoms with van der Waals surface area (Å²) in [4.78, 5) is 28.6. The highest BCUT2D eigenvalue weighted by molar-refractivity contribution is 7.16. The van der Waals surface area contributed by atoms with E-state index in [9.17, 15) is 10.1 Å². The number of nitrogen functional groups attached to an aromatic ring is 1. The molecule has 3 atom stereocenters. The zero-order valence-electron chi connectivity index (χ0n) is 28.9. The van der Waals surface area contributed by atoms with Crippen molar-refractivity contribution in [1.82, 2.24) is 35.1 Å². The maximum atomic E-state index is 11.1. The number of fused-ring (bicyclic) bond motifs is 1. The van der Waals surface area contributed by atoms with Gasteiger partial charge in [-0.1, -0.05) is 55.5 Å². The van der Waals surface area contributed by atoms with Gasteiger partial charge in [0.2, 0.25) is 17.7 Å². The Bertz CT molecular complexity index is 1760. The topological polar surface area (TPSA) is 195 Å². The monoisotopic (exact) mass is 690 g/mol. The maximum Gasteiger partial charge on any atom is 0.328 e. The molecule has 4 aromatic heterocycles. The second-order valence-electron chi connectivity index (χ2n) is 13.3. The lowest BCUT2D eigenvalue weighted by atomic mass is 9.72. The van der Waals surface area contributed by atoms with Crippen molar-refractivity contribution in [2.24, 2.45) is 5.92 Å². The molecule has 0 amide bonds. The van der Waals surface area contributed by atoms with E-state index in [-0.39, 0.29) is 5.92 Å². The summed E-state index contributed by atoms with van der Waals surface area (Å²) in [6.07, 6.45) is 12.8. The van der Waals surface area contributed by atoms with E-state index in [0.717, 1.165) is 61.9 Å². The van der Waals surface area contributed by atoms with E-state index in [1.165, 1.54) is 35.1 Å². The van der Waals surface area contributed by atoms with Gasteiger partial charge in [-0.15, -0.1) is 11.3 Å². The van der Waals surface area contributed by atoms with Crippen LogP contribution in [0.2, 0.25) is 0 Å². The Labute approximate surface area is 290 Å². The number of nitriles is 1. The number of hydrogen-bond acceptors (Lipinski definition) is 13. The van der Waals surface area contributed by atoms with Gasteiger partial charge >= 0.3 is 5.97 Å². The molecule has 6 rings (SSSR count). The first-order valence-corrected chi connectivity index (χ1v) is 17.9. The summed E-state index contributed by atoms with van der Waals surface area (Å²) < 4.78 is 12.5. The summed E-state index contributed by atoms with van der Waals surface area (Å²) >= 11 is 1.50. The molecule has 14 nitrogen and oxygen atoms in total. The Balaban J connectivity index is 0.000000234. The Morgan fingerprint density at radius 1 is 1.29 bits per heavy atom. The van der Waals surface area contributed by atoms with Gasteiger partial charge in [0.25, 0.3) is 5.88 Å². The lowest BCUT2D eigenvalue weighted by Crippen LogP contribution is -2.34. The summed E-state index contributed by atoms with van der Waals surface area (Å²) in [5, 5.41) is 31.2. The quantitative estimate of drug-likeness (QED) is 0.179. The van der Waals surface area contributed by atoms with Crippen molar-refractivity contribution in [3.63, 3.8) is 0 Å². The predicted octanol–water partition coefficient (Wildman–Crippen LogP) is 6.19. The molecule has 1 saturated heterocycles. The van der Waals surface area contributed by atoms with Gasteiger partial charge in [0.15, 0.2) is 6.04 Å². The van der Waals surface area contributed by atoms with Crippen molar-refractivity contribution in [3.05, 3.63) is 40.4 Å². The highest BCUT2D eigenvalue weighted by atomic mass is 32.1. The Morgan fingerprint density at radius 2 is 2.10 bits per heavy atom. The highest BCUT2D eigenvalue weighted by Gasteiger charge is 2.43. The number of aryl methyl sites for hydroxylation is 1. The average Bonchev–Trinajstić information content (AvgIpc) is 3.79. The van der Waals surface area contributed by atoms with Gasteiger partial charge in [-0.25, -0.2) is 19.4 Å². The number of carboxylic acid groups (broad SMARTS) is 1. The van der Waals surface area contributed by atoms with E-state index in [1.807, 2.05) is 19.9 Å². The third-order valence-electron chi connectivity index (χ3n) is 9.24. The number of rotatable bonds is 10. The van der Waals surface area contributed by atoms with Crippen molar-refractivity contribution < 1.29 is 19.2 Å². The molecule has 0 aromatic carbocycles. The van der Waals surface area contributed by atoms with Gasteiger partial charge in [0.05, 0.1) is 23.8 Å². The van der Waals surface area contributed by atoms with Crippen LogP contribution in [0.25, 0.3) is 11.5 Å².